The van der Waals surface area contributed by atoms with Gasteiger partial charge in [0.2, 0.25) is 0 Å². The molecule has 1 aromatic rings. The molecule has 0 saturated heterocycles. The van der Waals surface area contributed by atoms with Crippen molar-refractivity contribution in [2.24, 2.45) is 0 Å². The van der Waals surface area contributed by atoms with Crippen LogP contribution >= 0.6 is 11.5 Å². The molecule has 1 aromatic heterocycles. The van der Waals surface area contributed by atoms with Crippen molar-refractivity contribution < 1.29 is 0 Å². The second-order valence-corrected chi connectivity index (χ2v) is 1.73. The van der Waals surface area contributed by atoms with Crippen LogP contribution in [0.3, 0.4) is 0 Å². The maximum Gasteiger partial charge on any atom is 0.139 e. The predicted octanol–water partition coefficient (Wildman–Crippen LogP) is 1.35. The molecular formula is C4H5N2S. The van der Waals surface area contributed by atoms with Crippen molar-refractivity contribution in [3.63, 3.8) is 0 Å². The molecule has 2 nitrogen and oxygen atoms in total. The number of rotatable bonds is 1. The lowest BCUT2D eigenvalue weighted by Crippen LogP contribution is -1.80. The van der Waals surface area contributed by atoms with E-state index in [4.69, 9.17) is 0 Å². The highest BCUT2D eigenvalue weighted by atomic mass is 32.1. The van der Waals surface area contributed by atoms with Gasteiger partial charge in [-0.2, -0.15) is 4.37 Å². The average Bonchev–Trinajstić information content (AvgIpc) is 2.14. The Bertz CT molecular complexity index is 124. The first-order valence-corrected chi connectivity index (χ1v) is 2.70. The van der Waals surface area contributed by atoms with Crippen molar-refractivity contribution in [2.45, 2.75) is 0 Å². The highest BCUT2D eigenvalue weighted by Gasteiger charge is 1.82. The van der Waals surface area contributed by atoms with Gasteiger partial charge in [-0.15, -0.1) is 0 Å². The maximum atomic E-state index is 3.90. The van der Waals surface area contributed by atoms with E-state index in [0.717, 1.165) is 5.82 Å². The summed E-state index contributed by atoms with van der Waals surface area (Å²) in [4.78, 5) is 0. The monoisotopic (exact) mass is 113 g/mol. The molecule has 0 amide bonds. The van der Waals surface area contributed by atoms with Crippen molar-refractivity contribution in [3.8, 4) is 0 Å². The zero-order valence-corrected chi connectivity index (χ0v) is 4.53. The van der Waals surface area contributed by atoms with Crippen molar-refractivity contribution in [2.75, 3.05) is 5.32 Å². The highest BCUT2D eigenvalue weighted by molar-refractivity contribution is 7.03. The first kappa shape index (κ1) is 4.59. The molecule has 1 radical (unpaired) electrons. The summed E-state index contributed by atoms with van der Waals surface area (Å²) in [6.45, 7) is 0. The van der Waals surface area contributed by atoms with Crippen LogP contribution in [0, 0.1) is 7.05 Å². The summed E-state index contributed by atoms with van der Waals surface area (Å²) in [7, 11) is 3.42. The fraction of sp³-hybridized carbons (Fsp3) is 0. The number of anilines is 1. The summed E-state index contributed by atoms with van der Waals surface area (Å²) in [5, 5.41) is 4.55. The fourth-order valence-corrected chi connectivity index (χ4v) is 0.793. The first-order valence-electron chi connectivity index (χ1n) is 1.87. The van der Waals surface area contributed by atoms with Gasteiger partial charge in [-0.3, -0.25) is 0 Å². The van der Waals surface area contributed by atoms with Crippen molar-refractivity contribution in [1.29, 1.82) is 0 Å². The second-order valence-electron chi connectivity index (χ2n) is 1.06. The number of hydrogen-bond acceptors (Lipinski definition) is 3. The smallest absolute Gasteiger partial charge is 0.139 e. The molecule has 0 aliphatic heterocycles. The minimum absolute atomic E-state index is 0.838. The van der Waals surface area contributed by atoms with Crippen LogP contribution in [0.15, 0.2) is 11.4 Å². The molecular weight excluding hydrogens is 108 g/mol. The van der Waals surface area contributed by atoms with E-state index in [1.54, 1.807) is 0 Å². The third-order valence-corrected chi connectivity index (χ3v) is 1.18. The van der Waals surface area contributed by atoms with E-state index in [1.807, 2.05) is 11.4 Å². The Kier molecular flexibility index (Phi) is 1.26. The van der Waals surface area contributed by atoms with Gasteiger partial charge in [0.25, 0.3) is 0 Å². The third-order valence-electron chi connectivity index (χ3n) is 0.619. The molecule has 0 atom stereocenters. The Morgan fingerprint density at radius 2 is 2.71 bits per heavy atom. The number of nitrogens with zero attached hydrogens (tertiary/aromatic N) is 1. The van der Waals surface area contributed by atoms with Crippen LogP contribution in [0.1, 0.15) is 0 Å². The van der Waals surface area contributed by atoms with E-state index in [2.05, 4.69) is 16.7 Å². The number of nitrogens with one attached hydrogen (secondary N) is 1. The molecule has 0 saturated carbocycles. The van der Waals surface area contributed by atoms with Gasteiger partial charge >= 0.3 is 0 Å². The molecule has 37 valence electrons. The lowest BCUT2D eigenvalue weighted by atomic mass is 10.7. The van der Waals surface area contributed by atoms with Gasteiger partial charge in [0, 0.05) is 12.4 Å². The molecule has 7 heavy (non-hydrogen) atoms. The van der Waals surface area contributed by atoms with Crippen LogP contribution in [-0.4, -0.2) is 4.37 Å². The predicted molar refractivity (Wildman–Crippen MR) is 31.1 cm³/mol. The van der Waals surface area contributed by atoms with Gasteiger partial charge in [0.05, 0.1) is 0 Å². The molecule has 0 unspecified atom stereocenters. The molecule has 0 aliphatic rings. The van der Waals surface area contributed by atoms with Gasteiger partial charge in [-0.05, 0) is 17.6 Å². The van der Waals surface area contributed by atoms with Gasteiger partial charge in [0.15, 0.2) is 0 Å². The quantitative estimate of drug-likeness (QED) is 0.594. The van der Waals surface area contributed by atoms with Crippen LogP contribution in [0.2, 0.25) is 0 Å². The van der Waals surface area contributed by atoms with Gasteiger partial charge < -0.3 is 5.32 Å². The fourth-order valence-electron chi connectivity index (χ4n) is 0.304. The lowest BCUT2D eigenvalue weighted by molar-refractivity contribution is 1.49. The van der Waals surface area contributed by atoms with E-state index in [1.165, 1.54) is 11.5 Å². The van der Waals surface area contributed by atoms with E-state index in [9.17, 15) is 0 Å². The van der Waals surface area contributed by atoms with Gasteiger partial charge in [-0.1, -0.05) is 0 Å². The minimum Gasteiger partial charge on any atom is -0.367 e. The number of aromatic nitrogens is 1. The molecule has 0 fully saturated rings. The van der Waals surface area contributed by atoms with E-state index in [0.29, 0.717) is 0 Å². The SMILES string of the molecule is [CH2]Nc1ccsn1. The third kappa shape index (κ3) is 0.899. The summed E-state index contributed by atoms with van der Waals surface area (Å²) >= 11 is 1.41. The Morgan fingerprint density at radius 3 is 3.00 bits per heavy atom. The van der Waals surface area contributed by atoms with Crippen LogP contribution < -0.4 is 5.32 Å². The zero-order chi connectivity index (χ0) is 5.11. The largest absolute Gasteiger partial charge is 0.367 e. The Hall–Kier alpha value is -0.570. The van der Waals surface area contributed by atoms with Crippen LogP contribution in [0.25, 0.3) is 0 Å². The summed E-state index contributed by atoms with van der Waals surface area (Å²) < 4.78 is 3.90. The molecule has 1 heterocycles. The Labute approximate surface area is 46.3 Å². The molecule has 0 spiro atoms. The molecule has 0 aromatic carbocycles. The van der Waals surface area contributed by atoms with E-state index in [-0.39, 0.29) is 0 Å². The van der Waals surface area contributed by atoms with Gasteiger partial charge in [0.1, 0.15) is 5.82 Å². The summed E-state index contributed by atoms with van der Waals surface area (Å²) in [6.07, 6.45) is 0. The second kappa shape index (κ2) is 1.93. The first-order chi connectivity index (χ1) is 3.43. The van der Waals surface area contributed by atoms with Crippen LogP contribution in [0.5, 0.6) is 0 Å². The van der Waals surface area contributed by atoms with Crippen molar-refractivity contribution in [1.82, 2.24) is 4.37 Å². The highest BCUT2D eigenvalue weighted by Crippen LogP contribution is 2.03. The molecule has 1 rings (SSSR count). The van der Waals surface area contributed by atoms with Crippen LogP contribution in [-0.2, 0) is 0 Å². The summed E-state index contributed by atoms with van der Waals surface area (Å²) in [5.74, 6) is 0.838. The summed E-state index contributed by atoms with van der Waals surface area (Å²) in [6, 6.07) is 1.87. The van der Waals surface area contributed by atoms with E-state index >= 15 is 0 Å². The standard InChI is InChI=1S/C4H5N2S/c1-5-4-2-3-7-6-4/h2-3H,1H2,(H,5,6). The molecule has 0 aliphatic carbocycles. The van der Waals surface area contributed by atoms with E-state index < -0.39 is 0 Å². The minimum atomic E-state index is 0.838. The average molecular weight is 113 g/mol. The summed E-state index contributed by atoms with van der Waals surface area (Å²) in [5.41, 5.74) is 0. The van der Waals surface area contributed by atoms with Crippen molar-refractivity contribution in [3.05, 3.63) is 18.5 Å². The topological polar surface area (TPSA) is 24.9 Å². The Morgan fingerprint density at radius 1 is 1.86 bits per heavy atom. The molecule has 0 bridgehead atoms. The number of hydrogen-bond donors (Lipinski definition) is 1. The van der Waals surface area contributed by atoms with Crippen molar-refractivity contribution >= 4 is 17.4 Å². The lowest BCUT2D eigenvalue weighted by Gasteiger charge is -1.83. The molecule has 1 N–H and O–H groups in total. The normalized spacial score (nSPS) is 8.71. The Balaban J connectivity index is 2.76. The van der Waals surface area contributed by atoms with Crippen LogP contribution in [0.4, 0.5) is 5.82 Å². The maximum absolute atomic E-state index is 3.90. The molecule has 3 heteroatoms. The van der Waals surface area contributed by atoms with Gasteiger partial charge in [-0.25, -0.2) is 0 Å². The zero-order valence-electron chi connectivity index (χ0n) is 3.72.